The van der Waals surface area contributed by atoms with E-state index in [1.165, 1.54) is 0 Å². The highest BCUT2D eigenvalue weighted by atomic mass is 19.3. The SMILES string of the molecule is CC(c1ccc(OC(F)F)cc1)N1CC2CNCC2C1C. The minimum atomic E-state index is -2.77. The topological polar surface area (TPSA) is 24.5 Å². The number of halogens is 2. The summed E-state index contributed by atoms with van der Waals surface area (Å²) < 4.78 is 28.7. The molecular formula is C16H22F2N2O. The Kier molecular flexibility index (Phi) is 4.13. The highest BCUT2D eigenvalue weighted by Crippen LogP contribution is 2.38. The number of hydrogen-bond donors (Lipinski definition) is 1. The van der Waals surface area contributed by atoms with Crippen LogP contribution in [0.5, 0.6) is 5.75 Å². The third kappa shape index (κ3) is 2.90. The highest BCUT2D eigenvalue weighted by Gasteiger charge is 2.43. The van der Waals surface area contributed by atoms with E-state index < -0.39 is 6.61 Å². The predicted octanol–water partition coefficient (Wildman–Crippen LogP) is 2.89. The van der Waals surface area contributed by atoms with Gasteiger partial charge in [0.05, 0.1) is 0 Å². The molecule has 1 N–H and O–H groups in total. The van der Waals surface area contributed by atoms with Gasteiger partial charge in [-0.2, -0.15) is 8.78 Å². The molecule has 2 fully saturated rings. The minimum absolute atomic E-state index is 0.219. The minimum Gasteiger partial charge on any atom is -0.435 e. The van der Waals surface area contributed by atoms with E-state index in [1.54, 1.807) is 12.1 Å². The molecule has 0 bridgehead atoms. The summed E-state index contributed by atoms with van der Waals surface area (Å²) in [6.07, 6.45) is 0. The number of nitrogens with one attached hydrogen (secondary N) is 1. The summed E-state index contributed by atoms with van der Waals surface area (Å²) in [5.41, 5.74) is 1.15. The summed E-state index contributed by atoms with van der Waals surface area (Å²) in [6, 6.07) is 7.88. The van der Waals surface area contributed by atoms with Gasteiger partial charge in [-0.1, -0.05) is 12.1 Å². The number of fused-ring (bicyclic) bond motifs is 1. The van der Waals surface area contributed by atoms with Gasteiger partial charge in [0, 0.05) is 18.6 Å². The maximum Gasteiger partial charge on any atom is 0.387 e. The molecule has 0 radical (unpaired) electrons. The van der Waals surface area contributed by atoms with Gasteiger partial charge in [-0.05, 0) is 56.5 Å². The Morgan fingerprint density at radius 2 is 1.95 bits per heavy atom. The van der Waals surface area contributed by atoms with Crippen LogP contribution in [0.1, 0.15) is 25.5 Å². The molecule has 4 unspecified atom stereocenters. The van der Waals surface area contributed by atoms with E-state index in [1.807, 2.05) is 12.1 Å². The van der Waals surface area contributed by atoms with Gasteiger partial charge in [0.1, 0.15) is 5.75 Å². The lowest BCUT2D eigenvalue weighted by Crippen LogP contribution is -2.35. The van der Waals surface area contributed by atoms with Gasteiger partial charge in [0.15, 0.2) is 0 Å². The molecule has 1 aromatic rings. The van der Waals surface area contributed by atoms with E-state index in [0.29, 0.717) is 12.1 Å². The van der Waals surface area contributed by atoms with Crippen molar-refractivity contribution in [3.8, 4) is 5.75 Å². The first-order valence-corrected chi connectivity index (χ1v) is 7.57. The van der Waals surface area contributed by atoms with Gasteiger partial charge in [0.2, 0.25) is 0 Å². The van der Waals surface area contributed by atoms with Crippen LogP contribution < -0.4 is 10.1 Å². The van der Waals surface area contributed by atoms with Crippen LogP contribution in [0.4, 0.5) is 8.78 Å². The third-order valence-electron chi connectivity index (χ3n) is 5.07. The van der Waals surface area contributed by atoms with Crippen LogP contribution in [-0.4, -0.2) is 37.2 Å². The van der Waals surface area contributed by atoms with E-state index in [2.05, 4.69) is 28.8 Å². The Bertz CT molecular complexity index is 480. The molecule has 2 saturated heterocycles. The zero-order valence-corrected chi connectivity index (χ0v) is 12.4. The number of nitrogens with zero attached hydrogens (tertiary/aromatic N) is 1. The number of rotatable bonds is 4. The second-order valence-electron chi connectivity index (χ2n) is 6.14. The number of ether oxygens (including phenoxy) is 1. The summed E-state index contributed by atoms with van der Waals surface area (Å²) in [7, 11) is 0. The van der Waals surface area contributed by atoms with Crippen molar-refractivity contribution in [2.75, 3.05) is 19.6 Å². The van der Waals surface area contributed by atoms with Crippen LogP contribution in [0.25, 0.3) is 0 Å². The summed E-state index contributed by atoms with van der Waals surface area (Å²) in [5.74, 6) is 1.69. The van der Waals surface area contributed by atoms with Gasteiger partial charge >= 0.3 is 6.61 Å². The molecule has 4 atom stereocenters. The molecule has 21 heavy (non-hydrogen) atoms. The fourth-order valence-electron chi connectivity index (χ4n) is 3.83. The monoisotopic (exact) mass is 296 g/mol. The average molecular weight is 296 g/mol. The molecular weight excluding hydrogens is 274 g/mol. The zero-order chi connectivity index (χ0) is 15.0. The molecule has 1 aromatic carbocycles. The summed E-state index contributed by atoms with van der Waals surface area (Å²) >= 11 is 0. The fourth-order valence-corrected chi connectivity index (χ4v) is 3.83. The molecule has 2 aliphatic rings. The Balaban J connectivity index is 1.69. The molecule has 3 nitrogen and oxygen atoms in total. The third-order valence-corrected chi connectivity index (χ3v) is 5.07. The van der Waals surface area contributed by atoms with E-state index in [9.17, 15) is 8.78 Å². The first-order chi connectivity index (χ1) is 10.1. The second-order valence-corrected chi connectivity index (χ2v) is 6.14. The standard InChI is InChI=1S/C16H22F2N2O/c1-10(12-3-5-14(6-4-12)21-16(17)18)20-9-13-7-19-8-15(13)11(20)2/h3-6,10-11,13,15-16,19H,7-9H2,1-2H3. The maximum atomic E-state index is 12.2. The Morgan fingerprint density at radius 1 is 1.24 bits per heavy atom. The van der Waals surface area contributed by atoms with E-state index in [-0.39, 0.29) is 5.75 Å². The van der Waals surface area contributed by atoms with Crippen molar-refractivity contribution >= 4 is 0 Å². The molecule has 3 rings (SSSR count). The quantitative estimate of drug-likeness (QED) is 0.924. The van der Waals surface area contributed by atoms with Crippen molar-refractivity contribution in [1.29, 1.82) is 0 Å². The first-order valence-electron chi connectivity index (χ1n) is 7.57. The molecule has 0 aliphatic carbocycles. The van der Waals surface area contributed by atoms with Crippen LogP contribution in [-0.2, 0) is 0 Å². The highest BCUT2D eigenvalue weighted by molar-refractivity contribution is 5.29. The van der Waals surface area contributed by atoms with E-state index in [0.717, 1.165) is 37.0 Å². The Labute approximate surface area is 124 Å². The predicted molar refractivity (Wildman–Crippen MR) is 77.5 cm³/mol. The van der Waals surface area contributed by atoms with Gasteiger partial charge < -0.3 is 10.1 Å². The average Bonchev–Trinajstić information content (AvgIpc) is 3.02. The van der Waals surface area contributed by atoms with Crippen LogP contribution in [0.3, 0.4) is 0 Å². The molecule has 0 amide bonds. The van der Waals surface area contributed by atoms with Crippen molar-refractivity contribution in [3.63, 3.8) is 0 Å². The van der Waals surface area contributed by atoms with Crippen LogP contribution >= 0.6 is 0 Å². The Hall–Kier alpha value is -1.20. The zero-order valence-electron chi connectivity index (χ0n) is 12.4. The molecule has 116 valence electrons. The lowest BCUT2D eigenvalue weighted by atomic mass is 9.95. The van der Waals surface area contributed by atoms with Crippen molar-refractivity contribution < 1.29 is 13.5 Å². The summed E-state index contributed by atoms with van der Waals surface area (Å²) in [4.78, 5) is 2.53. The fraction of sp³-hybridized carbons (Fsp3) is 0.625. The number of likely N-dealkylation sites (tertiary alicyclic amines) is 1. The number of benzene rings is 1. The summed E-state index contributed by atoms with van der Waals surface area (Å²) in [5, 5.41) is 3.47. The number of hydrogen-bond acceptors (Lipinski definition) is 3. The van der Waals surface area contributed by atoms with Crippen molar-refractivity contribution in [1.82, 2.24) is 10.2 Å². The smallest absolute Gasteiger partial charge is 0.387 e. The van der Waals surface area contributed by atoms with E-state index >= 15 is 0 Å². The summed E-state index contributed by atoms with van der Waals surface area (Å²) in [6.45, 7) is 5.04. The lowest BCUT2D eigenvalue weighted by Gasteiger charge is -2.31. The lowest BCUT2D eigenvalue weighted by molar-refractivity contribution is -0.0498. The van der Waals surface area contributed by atoms with Crippen LogP contribution in [0.15, 0.2) is 24.3 Å². The maximum absolute atomic E-state index is 12.2. The van der Waals surface area contributed by atoms with Crippen LogP contribution in [0, 0.1) is 11.8 Å². The molecule has 0 saturated carbocycles. The van der Waals surface area contributed by atoms with Gasteiger partial charge in [-0.15, -0.1) is 0 Å². The van der Waals surface area contributed by atoms with Crippen molar-refractivity contribution in [2.24, 2.45) is 11.8 Å². The van der Waals surface area contributed by atoms with Gasteiger partial charge in [0.25, 0.3) is 0 Å². The molecule has 2 heterocycles. The number of alkyl halides is 2. The van der Waals surface area contributed by atoms with E-state index in [4.69, 9.17) is 0 Å². The molecule has 0 spiro atoms. The molecule has 2 aliphatic heterocycles. The van der Waals surface area contributed by atoms with Crippen molar-refractivity contribution in [3.05, 3.63) is 29.8 Å². The van der Waals surface area contributed by atoms with Crippen LogP contribution in [0.2, 0.25) is 0 Å². The second kappa shape index (κ2) is 5.89. The largest absolute Gasteiger partial charge is 0.435 e. The molecule has 5 heteroatoms. The normalized spacial score (nSPS) is 30.6. The Morgan fingerprint density at radius 3 is 2.57 bits per heavy atom. The van der Waals surface area contributed by atoms with Gasteiger partial charge in [-0.3, -0.25) is 4.90 Å². The first kappa shape index (κ1) is 14.7. The van der Waals surface area contributed by atoms with Gasteiger partial charge in [-0.25, -0.2) is 0 Å². The molecule has 0 aromatic heterocycles. The van der Waals surface area contributed by atoms with Crippen molar-refractivity contribution in [2.45, 2.75) is 32.5 Å².